The van der Waals surface area contributed by atoms with E-state index in [1.807, 2.05) is 19.1 Å². The molecule has 108 valence electrons. The molecule has 1 rings (SSSR count). The molecule has 0 spiro atoms. The van der Waals surface area contributed by atoms with Gasteiger partial charge in [0.05, 0.1) is 6.42 Å². The molecule has 2 nitrogen and oxygen atoms in total. The highest BCUT2D eigenvalue weighted by atomic mass is 19.4. The summed E-state index contributed by atoms with van der Waals surface area (Å²) in [5, 5.41) is 9.15. The Morgan fingerprint density at radius 2 is 1.79 bits per heavy atom. The molecule has 0 aromatic heterocycles. The molecule has 0 aliphatic carbocycles. The molecule has 1 aromatic rings. The van der Waals surface area contributed by atoms with Gasteiger partial charge in [0.25, 0.3) is 0 Å². The highest BCUT2D eigenvalue weighted by Crippen LogP contribution is 2.20. The van der Waals surface area contributed by atoms with Crippen molar-refractivity contribution in [3.8, 4) is 5.75 Å². The molecule has 19 heavy (non-hydrogen) atoms. The lowest BCUT2D eigenvalue weighted by Gasteiger charge is -2.25. The molecule has 0 heterocycles. The molecule has 0 fully saturated rings. The zero-order valence-corrected chi connectivity index (χ0v) is 11.2. The van der Waals surface area contributed by atoms with Crippen LogP contribution in [0.2, 0.25) is 0 Å². The van der Waals surface area contributed by atoms with Crippen LogP contribution in [0.4, 0.5) is 13.2 Å². The molecule has 1 N–H and O–H groups in total. The molecular formula is C14H20F3NO. The summed E-state index contributed by atoms with van der Waals surface area (Å²) in [6.07, 6.45) is -3.28. The van der Waals surface area contributed by atoms with Crippen LogP contribution in [-0.4, -0.2) is 35.8 Å². The predicted molar refractivity (Wildman–Crippen MR) is 69.2 cm³/mol. The number of rotatable bonds is 6. The van der Waals surface area contributed by atoms with Crippen LogP contribution < -0.4 is 0 Å². The van der Waals surface area contributed by atoms with E-state index in [2.05, 4.69) is 0 Å². The van der Waals surface area contributed by atoms with Crippen molar-refractivity contribution in [2.75, 3.05) is 13.6 Å². The minimum atomic E-state index is -4.09. The van der Waals surface area contributed by atoms with Crippen molar-refractivity contribution in [2.45, 2.75) is 38.4 Å². The summed E-state index contributed by atoms with van der Waals surface area (Å²) in [6.45, 7) is 1.96. The zero-order chi connectivity index (χ0) is 14.5. The van der Waals surface area contributed by atoms with Crippen molar-refractivity contribution < 1.29 is 18.3 Å². The minimum absolute atomic E-state index is 0.0280. The zero-order valence-electron chi connectivity index (χ0n) is 11.2. The van der Waals surface area contributed by atoms with Crippen molar-refractivity contribution in [3.63, 3.8) is 0 Å². The van der Waals surface area contributed by atoms with Crippen molar-refractivity contribution in [3.05, 3.63) is 29.8 Å². The lowest BCUT2D eigenvalue weighted by atomic mass is 10.1. The SMILES string of the molecule is CC(CCc1ccc(O)cc1)N(C)CCC(F)(F)F. The van der Waals surface area contributed by atoms with E-state index >= 15 is 0 Å². The van der Waals surface area contributed by atoms with Crippen LogP contribution in [0.25, 0.3) is 0 Å². The summed E-state index contributed by atoms with van der Waals surface area (Å²) in [5.41, 5.74) is 1.08. The normalized spacial score (nSPS) is 13.8. The standard InChI is InChI=1S/C14H20F3NO/c1-11(18(2)10-9-14(15,16)17)3-4-12-5-7-13(19)8-6-12/h5-8,11,19H,3-4,9-10H2,1-2H3. The number of benzene rings is 1. The number of phenols is 1. The summed E-state index contributed by atoms with van der Waals surface area (Å²) < 4.78 is 36.4. The Balaban J connectivity index is 2.34. The lowest BCUT2D eigenvalue weighted by Crippen LogP contribution is -2.32. The summed E-state index contributed by atoms with van der Waals surface area (Å²) in [5.74, 6) is 0.221. The third-order valence-electron chi connectivity index (χ3n) is 3.29. The third-order valence-corrected chi connectivity index (χ3v) is 3.29. The van der Waals surface area contributed by atoms with Gasteiger partial charge in [0.2, 0.25) is 0 Å². The maximum Gasteiger partial charge on any atom is 0.390 e. The number of alkyl halides is 3. The summed E-state index contributed by atoms with van der Waals surface area (Å²) in [6, 6.07) is 6.99. The molecule has 0 aliphatic rings. The molecule has 0 saturated heterocycles. The second-order valence-corrected chi connectivity index (χ2v) is 4.90. The lowest BCUT2D eigenvalue weighted by molar-refractivity contribution is -0.138. The van der Waals surface area contributed by atoms with Gasteiger partial charge in [-0.25, -0.2) is 0 Å². The maximum absolute atomic E-state index is 12.1. The first-order valence-corrected chi connectivity index (χ1v) is 6.33. The Bertz CT molecular complexity index is 375. The largest absolute Gasteiger partial charge is 0.508 e. The minimum Gasteiger partial charge on any atom is -0.508 e. The van der Waals surface area contributed by atoms with Crippen LogP contribution in [0.5, 0.6) is 5.75 Å². The van der Waals surface area contributed by atoms with E-state index < -0.39 is 12.6 Å². The van der Waals surface area contributed by atoms with Crippen LogP contribution in [0.3, 0.4) is 0 Å². The fraction of sp³-hybridized carbons (Fsp3) is 0.571. The highest BCUT2D eigenvalue weighted by molar-refractivity contribution is 5.25. The van der Waals surface area contributed by atoms with Crippen molar-refractivity contribution in [1.29, 1.82) is 0 Å². The van der Waals surface area contributed by atoms with E-state index in [-0.39, 0.29) is 18.3 Å². The van der Waals surface area contributed by atoms with Crippen LogP contribution in [-0.2, 0) is 6.42 Å². The summed E-state index contributed by atoms with van der Waals surface area (Å²) >= 11 is 0. The van der Waals surface area contributed by atoms with Gasteiger partial charge in [-0.2, -0.15) is 13.2 Å². The van der Waals surface area contributed by atoms with Gasteiger partial charge >= 0.3 is 6.18 Å². The predicted octanol–water partition coefficient (Wildman–Crippen LogP) is 3.60. The summed E-state index contributed by atoms with van der Waals surface area (Å²) in [7, 11) is 1.72. The van der Waals surface area contributed by atoms with Gasteiger partial charge in [-0.3, -0.25) is 0 Å². The Kier molecular flexibility index (Phi) is 5.66. The van der Waals surface area contributed by atoms with Crippen molar-refractivity contribution in [1.82, 2.24) is 4.90 Å². The molecule has 1 aromatic carbocycles. The Morgan fingerprint density at radius 1 is 1.21 bits per heavy atom. The van der Waals surface area contributed by atoms with E-state index in [0.29, 0.717) is 0 Å². The van der Waals surface area contributed by atoms with E-state index in [1.165, 1.54) is 0 Å². The average molecular weight is 275 g/mol. The Morgan fingerprint density at radius 3 is 2.32 bits per heavy atom. The first-order valence-electron chi connectivity index (χ1n) is 6.33. The van der Waals surface area contributed by atoms with Crippen LogP contribution >= 0.6 is 0 Å². The molecule has 1 atom stereocenters. The molecule has 0 radical (unpaired) electrons. The average Bonchev–Trinajstić information content (AvgIpc) is 2.34. The molecule has 0 bridgehead atoms. The molecule has 0 amide bonds. The second kappa shape index (κ2) is 6.80. The van der Waals surface area contributed by atoms with Gasteiger partial charge in [0, 0.05) is 12.6 Å². The molecule has 0 saturated carbocycles. The van der Waals surface area contributed by atoms with Crippen LogP contribution in [0, 0.1) is 0 Å². The maximum atomic E-state index is 12.1. The van der Waals surface area contributed by atoms with Gasteiger partial charge in [-0.05, 0) is 44.5 Å². The van der Waals surface area contributed by atoms with Crippen molar-refractivity contribution in [2.24, 2.45) is 0 Å². The first kappa shape index (κ1) is 15.8. The third kappa shape index (κ3) is 6.47. The van der Waals surface area contributed by atoms with E-state index in [1.54, 1.807) is 24.1 Å². The number of phenolic OH excluding ortho intramolecular Hbond substituents is 1. The van der Waals surface area contributed by atoms with E-state index in [4.69, 9.17) is 5.11 Å². The number of aryl methyl sites for hydroxylation is 1. The molecule has 5 heteroatoms. The Labute approximate surface area is 111 Å². The van der Waals surface area contributed by atoms with Gasteiger partial charge in [-0.15, -0.1) is 0 Å². The molecule has 1 unspecified atom stereocenters. The first-order chi connectivity index (χ1) is 8.78. The Hall–Kier alpha value is -1.23. The monoisotopic (exact) mass is 275 g/mol. The summed E-state index contributed by atoms with van der Waals surface area (Å²) in [4.78, 5) is 1.73. The number of nitrogens with zero attached hydrogens (tertiary/aromatic N) is 1. The molecule has 0 aliphatic heterocycles. The number of halogens is 3. The fourth-order valence-electron chi connectivity index (χ4n) is 1.78. The van der Waals surface area contributed by atoms with Crippen LogP contribution in [0.1, 0.15) is 25.3 Å². The fourth-order valence-corrected chi connectivity index (χ4v) is 1.78. The number of hydrogen-bond acceptors (Lipinski definition) is 2. The van der Waals surface area contributed by atoms with E-state index in [0.717, 1.165) is 18.4 Å². The second-order valence-electron chi connectivity index (χ2n) is 4.90. The van der Waals surface area contributed by atoms with Crippen molar-refractivity contribution >= 4 is 0 Å². The van der Waals surface area contributed by atoms with Gasteiger partial charge in [0.1, 0.15) is 5.75 Å². The highest BCUT2D eigenvalue weighted by Gasteiger charge is 2.27. The van der Waals surface area contributed by atoms with Crippen LogP contribution in [0.15, 0.2) is 24.3 Å². The quantitative estimate of drug-likeness (QED) is 0.857. The smallest absolute Gasteiger partial charge is 0.390 e. The van der Waals surface area contributed by atoms with E-state index in [9.17, 15) is 13.2 Å². The number of hydrogen-bond donors (Lipinski definition) is 1. The van der Waals surface area contributed by atoms with Gasteiger partial charge < -0.3 is 10.0 Å². The van der Waals surface area contributed by atoms with Gasteiger partial charge in [0.15, 0.2) is 0 Å². The van der Waals surface area contributed by atoms with Gasteiger partial charge in [-0.1, -0.05) is 12.1 Å². The topological polar surface area (TPSA) is 23.5 Å². The number of aromatic hydroxyl groups is 1. The molecular weight excluding hydrogens is 255 g/mol.